The van der Waals surface area contributed by atoms with E-state index in [4.69, 9.17) is 0 Å². The predicted octanol–water partition coefficient (Wildman–Crippen LogP) is 0.846. The topological polar surface area (TPSA) is 97.1 Å². The Hall–Kier alpha value is -1.92. The highest BCUT2D eigenvalue weighted by atomic mass is 16.4. The summed E-state index contributed by atoms with van der Waals surface area (Å²) in [5.41, 5.74) is -0.905. The van der Waals surface area contributed by atoms with Gasteiger partial charge in [0.05, 0.1) is 5.41 Å². The molecule has 106 valence electrons. The molecule has 19 heavy (non-hydrogen) atoms. The molecule has 0 saturated heterocycles. The number of nitrogens with one attached hydrogen (secondary N) is 1. The molecule has 0 bridgehead atoms. The van der Waals surface area contributed by atoms with E-state index in [2.05, 4.69) is 15.4 Å². The molecule has 0 aliphatic carbocycles. The van der Waals surface area contributed by atoms with Crippen molar-refractivity contribution >= 4 is 11.9 Å². The van der Waals surface area contributed by atoms with Crippen molar-refractivity contribution in [3.63, 3.8) is 0 Å². The lowest BCUT2D eigenvalue weighted by atomic mass is 9.82. The summed E-state index contributed by atoms with van der Waals surface area (Å²) in [6.07, 6.45) is 3.74. The highest BCUT2D eigenvalue weighted by Gasteiger charge is 2.35. The maximum Gasteiger partial charge on any atom is 0.311 e. The fourth-order valence-corrected chi connectivity index (χ4v) is 1.82. The summed E-state index contributed by atoms with van der Waals surface area (Å²) in [7, 11) is 0. The molecule has 7 heteroatoms. The van der Waals surface area contributed by atoms with Crippen molar-refractivity contribution in [3.05, 3.63) is 12.7 Å². The number of carbonyl (C=O) groups excluding carboxylic acids is 1. The Morgan fingerprint density at radius 3 is 2.47 bits per heavy atom. The first kappa shape index (κ1) is 15.1. The van der Waals surface area contributed by atoms with Crippen molar-refractivity contribution in [1.29, 1.82) is 0 Å². The highest BCUT2D eigenvalue weighted by Crippen LogP contribution is 2.25. The van der Waals surface area contributed by atoms with E-state index in [1.54, 1.807) is 6.92 Å². The molecule has 1 unspecified atom stereocenters. The third-order valence-corrected chi connectivity index (χ3v) is 3.62. The van der Waals surface area contributed by atoms with Crippen LogP contribution in [0.4, 0.5) is 0 Å². The Balaban J connectivity index is 2.65. The van der Waals surface area contributed by atoms with Crippen LogP contribution in [0.15, 0.2) is 12.7 Å². The van der Waals surface area contributed by atoms with E-state index in [0.29, 0.717) is 12.8 Å². The number of rotatable bonds is 7. The number of aliphatic carboxylic acids is 1. The van der Waals surface area contributed by atoms with Gasteiger partial charge in [0, 0.05) is 6.54 Å². The molecule has 0 radical (unpaired) electrons. The second kappa shape index (κ2) is 6.31. The Kier molecular flexibility index (Phi) is 5.02. The summed E-state index contributed by atoms with van der Waals surface area (Å²) in [6.45, 7) is 5.42. The van der Waals surface area contributed by atoms with Crippen LogP contribution in [0.1, 0.15) is 39.7 Å². The van der Waals surface area contributed by atoms with Gasteiger partial charge in [-0.3, -0.25) is 9.59 Å². The summed E-state index contributed by atoms with van der Waals surface area (Å²) in [5.74, 6) is -1.15. The van der Waals surface area contributed by atoms with E-state index >= 15 is 0 Å². The molecule has 7 nitrogen and oxygen atoms in total. The molecular weight excluding hydrogens is 248 g/mol. The zero-order valence-electron chi connectivity index (χ0n) is 11.5. The fraction of sp³-hybridized carbons (Fsp3) is 0.667. The van der Waals surface area contributed by atoms with Gasteiger partial charge in [-0.25, -0.2) is 9.67 Å². The molecule has 1 atom stereocenters. The van der Waals surface area contributed by atoms with Gasteiger partial charge in [-0.1, -0.05) is 13.8 Å². The normalized spacial score (nSPS) is 13.0. The largest absolute Gasteiger partial charge is 0.481 e. The lowest BCUT2D eigenvalue weighted by molar-refractivity contribution is -0.149. The predicted molar refractivity (Wildman–Crippen MR) is 68.4 cm³/mol. The van der Waals surface area contributed by atoms with Crippen LogP contribution in [-0.4, -0.2) is 38.3 Å². The van der Waals surface area contributed by atoms with Crippen molar-refractivity contribution < 1.29 is 14.7 Å². The van der Waals surface area contributed by atoms with Crippen molar-refractivity contribution in [2.24, 2.45) is 5.41 Å². The quantitative estimate of drug-likeness (QED) is 0.764. The van der Waals surface area contributed by atoms with E-state index in [0.717, 1.165) is 0 Å². The fourth-order valence-electron chi connectivity index (χ4n) is 1.82. The SMILES string of the molecule is CCC(CC)(CNC(=O)C(C)n1cncn1)C(=O)O. The molecule has 0 aromatic carbocycles. The minimum atomic E-state index is -0.905. The van der Waals surface area contributed by atoms with Crippen molar-refractivity contribution in [1.82, 2.24) is 20.1 Å². The molecule has 1 aromatic rings. The first-order chi connectivity index (χ1) is 8.96. The maximum atomic E-state index is 11.9. The standard InChI is InChI=1S/C12H20N4O3/c1-4-12(5-2,11(18)19)6-14-10(17)9(3)16-8-13-7-15-16/h7-9H,4-6H2,1-3H3,(H,14,17)(H,18,19). The Labute approximate surface area is 112 Å². The van der Waals surface area contributed by atoms with Gasteiger partial charge >= 0.3 is 5.97 Å². The molecule has 0 fully saturated rings. The molecule has 2 N–H and O–H groups in total. The highest BCUT2D eigenvalue weighted by molar-refractivity contribution is 5.81. The van der Waals surface area contributed by atoms with Crippen molar-refractivity contribution in [2.75, 3.05) is 6.54 Å². The van der Waals surface area contributed by atoms with Gasteiger partial charge in [0.25, 0.3) is 0 Å². The van der Waals surface area contributed by atoms with E-state index in [1.165, 1.54) is 17.3 Å². The molecular formula is C12H20N4O3. The Morgan fingerprint density at radius 1 is 1.42 bits per heavy atom. The lowest BCUT2D eigenvalue weighted by Crippen LogP contribution is -2.44. The molecule has 1 aromatic heterocycles. The molecule has 0 saturated carbocycles. The second-order valence-corrected chi connectivity index (χ2v) is 4.56. The van der Waals surface area contributed by atoms with Crippen LogP contribution < -0.4 is 5.32 Å². The number of hydrogen-bond donors (Lipinski definition) is 2. The molecule has 1 heterocycles. The summed E-state index contributed by atoms with van der Waals surface area (Å²) in [5, 5.41) is 15.9. The third-order valence-electron chi connectivity index (χ3n) is 3.62. The maximum absolute atomic E-state index is 11.9. The van der Waals surface area contributed by atoms with Crippen molar-refractivity contribution in [3.8, 4) is 0 Å². The minimum Gasteiger partial charge on any atom is -0.481 e. The zero-order valence-corrected chi connectivity index (χ0v) is 11.5. The number of hydrogen-bond acceptors (Lipinski definition) is 4. The van der Waals surface area contributed by atoms with Gasteiger partial charge < -0.3 is 10.4 Å². The van der Waals surface area contributed by atoms with Crippen molar-refractivity contribution in [2.45, 2.75) is 39.7 Å². The average Bonchev–Trinajstić information content (AvgIpc) is 2.92. The first-order valence-corrected chi connectivity index (χ1v) is 6.32. The smallest absolute Gasteiger partial charge is 0.311 e. The van der Waals surface area contributed by atoms with Crippen LogP contribution in [0, 0.1) is 5.41 Å². The van der Waals surface area contributed by atoms with E-state index < -0.39 is 17.4 Å². The Morgan fingerprint density at radius 2 is 2.05 bits per heavy atom. The number of carboxylic acids is 1. The number of nitrogens with zero attached hydrogens (tertiary/aromatic N) is 3. The number of aromatic nitrogens is 3. The second-order valence-electron chi connectivity index (χ2n) is 4.56. The average molecular weight is 268 g/mol. The van der Waals surface area contributed by atoms with Gasteiger partial charge in [-0.2, -0.15) is 5.10 Å². The van der Waals surface area contributed by atoms with E-state index in [1.807, 2.05) is 13.8 Å². The van der Waals surface area contributed by atoms with Gasteiger partial charge in [-0.05, 0) is 19.8 Å². The third kappa shape index (κ3) is 3.30. The minimum absolute atomic E-state index is 0.118. The summed E-state index contributed by atoms with van der Waals surface area (Å²) in [6, 6.07) is -0.511. The lowest BCUT2D eigenvalue weighted by Gasteiger charge is -2.27. The van der Waals surface area contributed by atoms with Crippen LogP contribution in [0.3, 0.4) is 0 Å². The molecule has 0 aliphatic heterocycles. The van der Waals surface area contributed by atoms with Gasteiger partial charge in [0.2, 0.25) is 5.91 Å². The van der Waals surface area contributed by atoms with Crippen LogP contribution in [0.2, 0.25) is 0 Å². The zero-order chi connectivity index (χ0) is 14.5. The summed E-state index contributed by atoms with van der Waals surface area (Å²) < 4.78 is 1.43. The summed E-state index contributed by atoms with van der Waals surface area (Å²) >= 11 is 0. The van der Waals surface area contributed by atoms with Crippen LogP contribution in [-0.2, 0) is 9.59 Å². The number of amides is 1. The molecule has 1 amide bonds. The van der Waals surface area contributed by atoms with E-state index in [-0.39, 0.29) is 12.5 Å². The van der Waals surface area contributed by atoms with Gasteiger partial charge in [0.1, 0.15) is 18.7 Å². The van der Waals surface area contributed by atoms with Crippen LogP contribution in [0.5, 0.6) is 0 Å². The number of carbonyl (C=O) groups is 2. The molecule has 1 rings (SSSR count). The summed E-state index contributed by atoms with van der Waals surface area (Å²) in [4.78, 5) is 27.0. The van der Waals surface area contributed by atoms with Crippen LogP contribution in [0.25, 0.3) is 0 Å². The Bertz CT molecular complexity index is 426. The van der Waals surface area contributed by atoms with E-state index in [9.17, 15) is 14.7 Å². The molecule has 0 aliphatic rings. The number of carboxylic acid groups (broad SMARTS) is 1. The van der Waals surface area contributed by atoms with Gasteiger partial charge in [0.15, 0.2) is 0 Å². The molecule has 0 spiro atoms. The van der Waals surface area contributed by atoms with Gasteiger partial charge in [-0.15, -0.1) is 0 Å². The first-order valence-electron chi connectivity index (χ1n) is 6.32. The monoisotopic (exact) mass is 268 g/mol. The van der Waals surface area contributed by atoms with Crippen LogP contribution >= 0.6 is 0 Å².